The molecule has 0 fully saturated rings. The third kappa shape index (κ3) is 3.24. The molecule has 2 nitrogen and oxygen atoms in total. The van der Waals surface area contributed by atoms with E-state index in [1.54, 1.807) is 6.92 Å². The van der Waals surface area contributed by atoms with Gasteiger partial charge in [-0.3, -0.25) is 0 Å². The first-order valence-electron chi connectivity index (χ1n) is 4.64. The van der Waals surface area contributed by atoms with Crippen molar-refractivity contribution in [3.63, 3.8) is 0 Å². The summed E-state index contributed by atoms with van der Waals surface area (Å²) in [7, 11) is 0. The van der Waals surface area contributed by atoms with Crippen molar-refractivity contribution >= 4 is 5.97 Å². The zero-order valence-corrected chi connectivity index (χ0v) is 8.52. The highest BCUT2D eigenvalue weighted by molar-refractivity contribution is 5.71. The summed E-state index contributed by atoms with van der Waals surface area (Å²) in [5.41, 5.74) is -0.621. The summed E-state index contributed by atoms with van der Waals surface area (Å²) >= 11 is 0. The van der Waals surface area contributed by atoms with E-state index in [1.165, 1.54) is 0 Å². The largest absolute Gasteiger partial charge is 0.550 e. The summed E-state index contributed by atoms with van der Waals surface area (Å²) < 4.78 is 0. The Morgan fingerprint density at radius 2 is 2.00 bits per heavy atom. The third-order valence-electron chi connectivity index (χ3n) is 2.55. The molecule has 0 aromatic heterocycles. The molecule has 0 bridgehead atoms. The van der Waals surface area contributed by atoms with Gasteiger partial charge in [-0.2, -0.15) is 0 Å². The normalized spacial score (nSPS) is 16.1. The fraction of sp³-hybridized carbons (Fsp3) is 0.900. The Morgan fingerprint density at radius 3 is 2.25 bits per heavy atom. The minimum atomic E-state index is -0.911. The lowest BCUT2D eigenvalue weighted by atomic mass is 9.81. The molecule has 0 radical (unpaired) electrons. The van der Waals surface area contributed by atoms with Gasteiger partial charge in [0.05, 0.1) is 0 Å². The number of hydrogen-bond acceptors (Lipinski definition) is 2. The van der Waals surface area contributed by atoms with Crippen molar-refractivity contribution in [2.45, 2.75) is 47.0 Å². The Labute approximate surface area is 75.0 Å². The second-order valence-electron chi connectivity index (χ2n) is 4.13. The fourth-order valence-electron chi connectivity index (χ4n) is 1.03. The summed E-state index contributed by atoms with van der Waals surface area (Å²) in [6, 6.07) is 0. The lowest BCUT2D eigenvalue weighted by Gasteiger charge is -2.29. The van der Waals surface area contributed by atoms with Crippen LogP contribution in [0.25, 0.3) is 0 Å². The monoisotopic (exact) mass is 171 g/mol. The van der Waals surface area contributed by atoms with Gasteiger partial charge < -0.3 is 9.90 Å². The minimum Gasteiger partial charge on any atom is -0.550 e. The van der Waals surface area contributed by atoms with Crippen LogP contribution in [0.5, 0.6) is 0 Å². The Bertz CT molecular complexity index is 152. The summed E-state index contributed by atoms with van der Waals surface area (Å²) in [4.78, 5) is 10.8. The molecule has 2 heteroatoms. The Hall–Kier alpha value is -0.530. The van der Waals surface area contributed by atoms with Crippen LogP contribution in [0.4, 0.5) is 0 Å². The molecule has 1 atom stereocenters. The van der Waals surface area contributed by atoms with Gasteiger partial charge in [-0.05, 0) is 18.8 Å². The van der Waals surface area contributed by atoms with Crippen molar-refractivity contribution in [3.8, 4) is 0 Å². The van der Waals surface area contributed by atoms with Crippen molar-refractivity contribution in [2.24, 2.45) is 11.3 Å². The van der Waals surface area contributed by atoms with Gasteiger partial charge in [-0.15, -0.1) is 0 Å². The van der Waals surface area contributed by atoms with Crippen LogP contribution in [0.2, 0.25) is 0 Å². The predicted octanol–water partition coefficient (Wildman–Crippen LogP) is 1.59. The topological polar surface area (TPSA) is 40.1 Å². The molecule has 0 aliphatic carbocycles. The maximum absolute atomic E-state index is 10.8. The van der Waals surface area contributed by atoms with Crippen molar-refractivity contribution in [3.05, 3.63) is 0 Å². The van der Waals surface area contributed by atoms with Gasteiger partial charge >= 0.3 is 0 Å². The van der Waals surface area contributed by atoms with E-state index in [0.717, 1.165) is 12.8 Å². The van der Waals surface area contributed by atoms with Gasteiger partial charge in [-0.1, -0.05) is 34.1 Å². The molecule has 0 spiro atoms. The predicted molar refractivity (Wildman–Crippen MR) is 47.5 cm³/mol. The minimum absolute atomic E-state index is 0.565. The van der Waals surface area contributed by atoms with E-state index in [-0.39, 0.29) is 0 Å². The van der Waals surface area contributed by atoms with Crippen LogP contribution in [0, 0.1) is 11.3 Å². The molecule has 0 saturated heterocycles. The molecular formula is C10H19O2-. The molecule has 0 aromatic carbocycles. The second kappa shape index (κ2) is 4.48. The molecule has 0 saturated carbocycles. The van der Waals surface area contributed by atoms with Crippen LogP contribution in [0.15, 0.2) is 0 Å². The number of hydrogen-bond donors (Lipinski definition) is 0. The first kappa shape index (κ1) is 11.5. The van der Waals surface area contributed by atoms with E-state index in [2.05, 4.69) is 13.8 Å². The summed E-state index contributed by atoms with van der Waals surface area (Å²) in [5.74, 6) is -0.346. The third-order valence-corrected chi connectivity index (χ3v) is 2.55. The van der Waals surface area contributed by atoms with Crippen LogP contribution in [0.1, 0.15) is 47.0 Å². The number of aliphatic carboxylic acids is 1. The lowest BCUT2D eigenvalue weighted by molar-refractivity contribution is -0.319. The summed E-state index contributed by atoms with van der Waals surface area (Å²) in [5, 5.41) is 10.8. The SMILES string of the molecule is CC[C@@](C)(CCC(C)C)C(=O)[O-]. The molecule has 0 N–H and O–H groups in total. The highest BCUT2D eigenvalue weighted by atomic mass is 16.4. The van der Waals surface area contributed by atoms with Gasteiger partial charge in [-0.25, -0.2) is 0 Å². The molecule has 0 aliphatic rings. The first-order valence-corrected chi connectivity index (χ1v) is 4.64. The molecule has 0 heterocycles. The van der Waals surface area contributed by atoms with Crippen LogP contribution < -0.4 is 5.11 Å². The van der Waals surface area contributed by atoms with Crippen LogP contribution in [-0.4, -0.2) is 5.97 Å². The standard InChI is InChI=1S/C10H20O2/c1-5-10(4,9(11)12)7-6-8(2)3/h8H,5-7H2,1-4H3,(H,11,12)/p-1/t10-/m0/s1. The average molecular weight is 171 g/mol. The average Bonchev–Trinajstić information content (AvgIpc) is 1.99. The maximum atomic E-state index is 10.8. The van der Waals surface area contributed by atoms with E-state index in [1.807, 2.05) is 6.92 Å². The number of carboxylic acids is 1. The van der Waals surface area contributed by atoms with Crippen LogP contribution >= 0.6 is 0 Å². The lowest BCUT2D eigenvalue weighted by Crippen LogP contribution is -2.39. The summed E-state index contributed by atoms with van der Waals surface area (Å²) in [6.45, 7) is 7.87. The molecule has 0 rings (SSSR count). The molecule has 0 aliphatic heterocycles. The highest BCUT2D eigenvalue weighted by Crippen LogP contribution is 2.28. The van der Waals surface area contributed by atoms with E-state index < -0.39 is 11.4 Å². The molecular weight excluding hydrogens is 152 g/mol. The Kier molecular flexibility index (Phi) is 4.29. The second-order valence-corrected chi connectivity index (χ2v) is 4.13. The maximum Gasteiger partial charge on any atom is 0.0473 e. The Balaban J connectivity index is 4.06. The van der Waals surface area contributed by atoms with Crippen molar-refractivity contribution in [2.75, 3.05) is 0 Å². The number of carbonyl (C=O) groups excluding carboxylic acids is 1. The van der Waals surface area contributed by atoms with Crippen LogP contribution in [0.3, 0.4) is 0 Å². The molecule has 72 valence electrons. The van der Waals surface area contributed by atoms with Gasteiger partial charge in [0.2, 0.25) is 0 Å². The van der Waals surface area contributed by atoms with E-state index >= 15 is 0 Å². The van der Waals surface area contributed by atoms with Gasteiger partial charge in [0.25, 0.3) is 0 Å². The fourth-order valence-corrected chi connectivity index (χ4v) is 1.03. The number of carbonyl (C=O) groups is 1. The number of rotatable bonds is 5. The number of carboxylic acid groups (broad SMARTS) is 1. The van der Waals surface area contributed by atoms with Crippen molar-refractivity contribution in [1.29, 1.82) is 0 Å². The zero-order valence-electron chi connectivity index (χ0n) is 8.52. The molecule has 0 aromatic rings. The van der Waals surface area contributed by atoms with E-state index in [0.29, 0.717) is 12.3 Å². The van der Waals surface area contributed by atoms with E-state index in [4.69, 9.17) is 0 Å². The molecule has 0 unspecified atom stereocenters. The van der Waals surface area contributed by atoms with Crippen molar-refractivity contribution < 1.29 is 9.90 Å². The van der Waals surface area contributed by atoms with Gasteiger partial charge in [0.1, 0.15) is 0 Å². The van der Waals surface area contributed by atoms with Crippen LogP contribution in [-0.2, 0) is 4.79 Å². The smallest absolute Gasteiger partial charge is 0.0473 e. The first-order chi connectivity index (χ1) is 5.42. The van der Waals surface area contributed by atoms with Gasteiger partial charge in [0, 0.05) is 11.4 Å². The molecule has 12 heavy (non-hydrogen) atoms. The highest BCUT2D eigenvalue weighted by Gasteiger charge is 2.23. The van der Waals surface area contributed by atoms with E-state index in [9.17, 15) is 9.90 Å². The zero-order chi connectivity index (χ0) is 9.78. The Morgan fingerprint density at radius 1 is 1.50 bits per heavy atom. The summed E-state index contributed by atoms with van der Waals surface area (Å²) in [6.07, 6.45) is 2.34. The van der Waals surface area contributed by atoms with Crippen molar-refractivity contribution in [1.82, 2.24) is 0 Å². The quantitative estimate of drug-likeness (QED) is 0.630. The van der Waals surface area contributed by atoms with Gasteiger partial charge in [0.15, 0.2) is 0 Å². The molecule has 0 amide bonds.